The largest absolute Gasteiger partial charge is 0.438 e. The number of aromatic amines is 1. The Hall–Kier alpha value is -6.81. The summed E-state index contributed by atoms with van der Waals surface area (Å²) in [5, 5.41) is 15.5. The predicted molar refractivity (Wildman–Crippen MR) is 233 cm³/mol. The summed E-state index contributed by atoms with van der Waals surface area (Å²) in [6, 6.07) is 16.7. The lowest BCUT2D eigenvalue weighted by Gasteiger charge is -2.39. The number of carbonyl (C=O) groups excluding carboxylic acids is 1. The molecule has 63 heavy (non-hydrogen) atoms. The van der Waals surface area contributed by atoms with Crippen molar-refractivity contribution in [3.8, 4) is 17.2 Å². The first-order chi connectivity index (χ1) is 30.3. The molecule has 11 rings (SSSR count). The molecule has 16 heteroatoms. The van der Waals surface area contributed by atoms with Crippen LogP contribution in [0.1, 0.15) is 96.3 Å². The smallest absolute Gasteiger partial charge is 0.381 e. The number of nitrogens with zero attached hydrogens (tertiary/aromatic N) is 9. The highest BCUT2D eigenvalue weighted by Crippen LogP contribution is 2.56. The van der Waals surface area contributed by atoms with Gasteiger partial charge >= 0.3 is 11.4 Å². The van der Waals surface area contributed by atoms with E-state index in [1.807, 2.05) is 50.1 Å². The number of aromatic nitrogens is 9. The number of benzene rings is 3. The van der Waals surface area contributed by atoms with Crippen LogP contribution in [0, 0.1) is 25.6 Å². The van der Waals surface area contributed by atoms with Gasteiger partial charge in [-0.25, -0.2) is 18.7 Å². The SMILES string of the molecule is Cc1cc(-n2nc3c(c2-n2ccn(-c4ccc5c(cnn5C)c4)c2=O)[C@H](C)N(C(=O)c2cc4cc(C5CCOCC5)ccc4n2[C@@]2(c4noc(=O)[nH]4)C[C@@H]2C)[C@H](C)C3)cc(C)c1F. The molecule has 3 aromatic carbocycles. The molecule has 2 aliphatic heterocycles. The number of hydrogen-bond acceptors (Lipinski definition) is 8. The van der Waals surface area contributed by atoms with E-state index in [1.165, 1.54) is 5.56 Å². The minimum absolute atomic E-state index is 0.0283. The number of aryl methyl sites for hydroxylation is 3. The van der Waals surface area contributed by atoms with Crippen LogP contribution in [0.25, 0.3) is 39.0 Å². The molecule has 1 saturated heterocycles. The normalized spacial score (nSPS) is 21.4. The summed E-state index contributed by atoms with van der Waals surface area (Å²) in [5.74, 6) is 0.0364. The topological polar surface area (TPSA) is 156 Å². The molecule has 1 N–H and O–H groups in total. The van der Waals surface area contributed by atoms with Crippen LogP contribution in [0.2, 0.25) is 0 Å². The Kier molecular flexibility index (Phi) is 8.75. The molecule has 0 bridgehead atoms. The molecule has 7 heterocycles. The maximum atomic E-state index is 15.7. The van der Waals surface area contributed by atoms with Crippen molar-refractivity contribution in [1.82, 2.24) is 48.3 Å². The monoisotopic (exact) mass is 850 g/mol. The molecule has 0 unspecified atom stereocenters. The Morgan fingerprint density at radius 1 is 0.905 bits per heavy atom. The zero-order chi connectivity index (χ0) is 43.6. The average Bonchev–Trinajstić information content (AvgIpc) is 3.90. The van der Waals surface area contributed by atoms with Crippen LogP contribution in [0.3, 0.4) is 0 Å². The van der Waals surface area contributed by atoms with Gasteiger partial charge in [0.1, 0.15) is 22.9 Å². The third kappa shape index (κ3) is 5.86. The van der Waals surface area contributed by atoms with Crippen molar-refractivity contribution in [1.29, 1.82) is 0 Å². The Labute approximate surface area is 360 Å². The molecule has 15 nitrogen and oxygen atoms in total. The summed E-state index contributed by atoms with van der Waals surface area (Å²) >= 11 is 0. The molecule has 0 radical (unpaired) electrons. The van der Waals surface area contributed by atoms with E-state index in [9.17, 15) is 9.59 Å². The van der Waals surface area contributed by atoms with Crippen molar-refractivity contribution in [3.05, 3.63) is 140 Å². The standard InChI is InChI=1S/C47H47FN10O5/c1-25-17-35(18-26(2)41(25)48)58-42(55-14-13-54(46(55)61)34-8-10-37-33(21-34)24-49-53(37)6)40-29(5)56(28(4)19-36(40)51-58)43(59)39-22-32-20-31(30-11-15-62-16-12-30)7-9-38(32)57(39)47(23-27(47)3)44-50-45(60)63-52-44/h7-10,13-14,17-18,20-22,24,27-30H,11-12,15-16,19,23H2,1-6H3,(H,50,52,60)/t27-,28+,29-,47-/m0/s1. The summed E-state index contributed by atoms with van der Waals surface area (Å²) in [5.41, 5.74) is 5.87. The molecule has 8 aromatic rings. The Morgan fingerprint density at radius 3 is 2.35 bits per heavy atom. The quantitative estimate of drug-likeness (QED) is 0.181. The summed E-state index contributed by atoms with van der Waals surface area (Å²) in [4.78, 5) is 47.5. The molecule has 0 spiro atoms. The molecular weight excluding hydrogens is 804 g/mol. The van der Waals surface area contributed by atoms with Crippen LogP contribution in [0.4, 0.5) is 4.39 Å². The van der Waals surface area contributed by atoms with Crippen LogP contribution in [0.5, 0.6) is 0 Å². The summed E-state index contributed by atoms with van der Waals surface area (Å²) in [7, 11) is 1.87. The third-order valence-corrected chi connectivity index (χ3v) is 13.9. The molecule has 1 saturated carbocycles. The first kappa shape index (κ1) is 39.1. The summed E-state index contributed by atoms with van der Waals surface area (Å²) in [6.45, 7) is 10.9. The number of H-pyrrole nitrogens is 1. The zero-order valence-corrected chi connectivity index (χ0v) is 35.9. The highest BCUT2D eigenvalue weighted by Gasteiger charge is 2.59. The first-order valence-corrected chi connectivity index (χ1v) is 21.6. The number of amides is 1. The van der Waals surface area contributed by atoms with Crippen LogP contribution < -0.4 is 11.4 Å². The van der Waals surface area contributed by atoms with E-state index < -0.39 is 17.3 Å². The molecular formula is C47H47FN10O5. The first-order valence-electron chi connectivity index (χ1n) is 21.6. The average molecular weight is 851 g/mol. The number of fused-ring (bicyclic) bond motifs is 3. The Bertz CT molecular complexity index is 3260. The van der Waals surface area contributed by atoms with Crippen molar-refractivity contribution < 1.29 is 18.4 Å². The van der Waals surface area contributed by atoms with Gasteiger partial charge in [-0.2, -0.15) is 10.2 Å². The zero-order valence-electron chi connectivity index (χ0n) is 35.9. The van der Waals surface area contributed by atoms with E-state index >= 15 is 9.18 Å². The maximum Gasteiger partial charge on any atom is 0.438 e. The second-order valence-electron chi connectivity index (χ2n) is 17.8. The second-order valence-corrected chi connectivity index (χ2v) is 17.8. The number of imidazole rings is 1. The van der Waals surface area contributed by atoms with Crippen molar-refractivity contribution in [2.75, 3.05) is 13.2 Å². The lowest BCUT2D eigenvalue weighted by Crippen LogP contribution is -2.46. The molecule has 1 aliphatic carbocycles. The van der Waals surface area contributed by atoms with Gasteiger partial charge in [0.05, 0.1) is 34.8 Å². The Balaban J connectivity index is 1.07. The molecule has 322 valence electrons. The number of rotatable bonds is 7. The highest BCUT2D eigenvalue weighted by atomic mass is 19.1. The fourth-order valence-electron chi connectivity index (χ4n) is 10.6. The molecule has 3 aliphatic rings. The van der Waals surface area contributed by atoms with E-state index in [1.54, 1.807) is 63.1 Å². The van der Waals surface area contributed by atoms with Gasteiger partial charge in [-0.1, -0.05) is 18.1 Å². The van der Waals surface area contributed by atoms with Gasteiger partial charge in [-0.15, -0.1) is 0 Å². The van der Waals surface area contributed by atoms with Crippen LogP contribution in [-0.4, -0.2) is 73.5 Å². The molecule has 4 atom stereocenters. The summed E-state index contributed by atoms with van der Waals surface area (Å²) in [6.07, 6.45) is 8.08. The van der Waals surface area contributed by atoms with Gasteiger partial charge < -0.3 is 14.2 Å². The van der Waals surface area contributed by atoms with E-state index in [2.05, 4.69) is 44.9 Å². The van der Waals surface area contributed by atoms with E-state index in [0.29, 0.717) is 77.4 Å². The van der Waals surface area contributed by atoms with Gasteiger partial charge in [0.15, 0.2) is 5.82 Å². The van der Waals surface area contributed by atoms with Gasteiger partial charge in [0, 0.05) is 67.0 Å². The van der Waals surface area contributed by atoms with E-state index in [0.717, 1.165) is 40.3 Å². The predicted octanol–water partition coefficient (Wildman–Crippen LogP) is 6.91. The maximum absolute atomic E-state index is 15.7. The van der Waals surface area contributed by atoms with Crippen LogP contribution in [-0.2, 0) is 23.7 Å². The number of hydrogen-bond donors (Lipinski definition) is 1. The second kappa shape index (κ2) is 14.1. The minimum atomic E-state index is -0.823. The van der Waals surface area contributed by atoms with Crippen molar-refractivity contribution in [2.24, 2.45) is 13.0 Å². The fourth-order valence-corrected chi connectivity index (χ4v) is 10.6. The van der Waals surface area contributed by atoms with Crippen LogP contribution in [0.15, 0.2) is 87.3 Å². The summed E-state index contributed by atoms with van der Waals surface area (Å²) < 4.78 is 34.6. The lowest BCUT2D eigenvalue weighted by atomic mass is 9.91. The van der Waals surface area contributed by atoms with Crippen molar-refractivity contribution in [3.63, 3.8) is 0 Å². The van der Waals surface area contributed by atoms with Gasteiger partial charge in [-0.05, 0) is 124 Å². The minimum Gasteiger partial charge on any atom is -0.381 e. The fraction of sp³-hybridized carbons (Fsp3) is 0.362. The van der Waals surface area contributed by atoms with Crippen LogP contribution >= 0.6 is 0 Å². The number of halogens is 1. The molecule has 1 amide bonds. The van der Waals surface area contributed by atoms with Gasteiger partial charge in [0.2, 0.25) is 0 Å². The van der Waals surface area contributed by atoms with Gasteiger partial charge in [-0.3, -0.25) is 28.1 Å². The van der Waals surface area contributed by atoms with Gasteiger partial charge in [0.25, 0.3) is 5.91 Å². The van der Waals surface area contributed by atoms with Crippen molar-refractivity contribution in [2.45, 2.75) is 83.8 Å². The number of nitrogens with one attached hydrogen (secondary N) is 1. The Morgan fingerprint density at radius 2 is 1.63 bits per heavy atom. The van der Waals surface area contributed by atoms with Crippen molar-refractivity contribution >= 4 is 27.7 Å². The van der Waals surface area contributed by atoms with E-state index in [-0.39, 0.29) is 29.4 Å². The molecule has 5 aromatic heterocycles. The highest BCUT2D eigenvalue weighted by molar-refractivity contribution is 6.00. The lowest BCUT2D eigenvalue weighted by molar-refractivity contribution is 0.0565. The molecule has 2 fully saturated rings. The number of carbonyl (C=O) groups is 1. The van der Waals surface area contributed by atoms with E-state index in [4.69, 9.17) is 14.4 Å². The third-order valence-electron chi connectivity index (χ3n) is 13.9. The number of ether oxygens (including phenoxy) is 1.